The molecule has 74 valence electrons. The summed E-state index contributed by atoms with van der Waals surface area (Å²) in [5.41, 5.74) is 2.48. The predicted molar refractivity (Wildman–Crippen MR) is 59.2 cm³/mol. The number of aryl methyl sites for hydroxylation is 1. The van der Waals surface area contributed by atoms with Gasteiger partial charge in [-0.2, -0.15) is 0 Å². The number of carbonyl (C=O) groups excluding carboxylic acids is 1. The molecule has 1 heterocycles. The smallest absolute Gasteiger partial charge is 0.220 e. The Bertz CT molecular complexity index is 355. The number of nitrogens with one attached hydrogen (secondary N) is 1. The maximum absolute atomic E-state index is 11.1. The fraction of sp³-hybridized carbons (Fsp3) is 0.364. The molecule has 1 aromatic rings. The van der Waals surface area contributed by atoms with Crippen LogP contribution in [0.25, 0.3) is 0 Å². The third kappa shape index (κ3) is 1.98. The zero-order chi connectivity index (χ0) is 10.1. The van der Waals surface area contributed by atoms with E-state index in [2.05, 4.69) is 46.4 Å². The molecule has 1 fully saturated rings. The maximum Gasteiger partial charge on any atom is 0.220 e. The second-order valence-electron chi connectivity index (χ2n) is 3.77. The van der Waals surface area contributed by atoms with E-state index in [0.29, 0.717) is 12.3 Å². The molecular formula is C11H12BrNO. The SMILES string of the molecule is Cc1cc(Br)cc(C2CNC(=O)C2)c1. The van der Waals surface area contributed by atoms with Crippen LogP contribution in [-0.4, -0.2) is 12.5 Å². The second-order valence-corrected chi connectivity index (χ2v) is 4.68. The molecule has 1 aliphatic heterocycles. The number of hydrogen-bond acceptors (Lipinski definition) is 1. The maximum atomic E-state index is 11.1. The molecule has 1 amide bonds. The molecule has 1 saturated heterocycles. The molecule has 2 nitrogen and oxygen atoms in total. The van der Waals surface area contributed by atoms with E-state index < -0.39 is 0 Å². The molecule has 14 heavy (non-hydrogen) atoms. The summed E-state index contributed by atoms with van der Waals surface area (Å²) >= 11 is 3.47. The molecule has 0 spiro atoms. The summed E-state index contributed by atoms with van der Waals surface area (Å²) in [6, 6.07) is 6.32. The zero-order valence-corrected chi connectivity index (χ0v) is 9.60. The Balaban J connectivity index is 2.27. The van der Waals surface area contributed by atoms with Gasteiger partial charge in [0.15, 0.2) is 0 Å². The van der Waals surface area contributed by atoms with E-state index in [4.69, 9.17) is 0 Å². The molecule has 0 aromatic heterocycles. The third-order valence-corrected chi connectivity index (χ3v) is 2.97. The summed E-state index contributed by atoms with van der Waals surface area (Å²) in [6.07, 6.45) is 0.621. The molecule has 1 unspecified atom stereocenters. The normalized spacial score (nSPS) is 21.0. The van der Waals surface area contributed by atoms with Crippen LogP contribution in [0.4, 0.5) is 0 Å². The van der Waals surface area contributed by atoms with Crippen LogP contribution in [0, 0.1) is 6.92 Å². The second kappa shape index (κ2) is 3.73. The largest absolute Gasteiger partial charge is 0.355 e. The standard InChI is InChI=1S/C11H12BrNO/c1-7-2-8(4-10(12)3-7)9-5-11(14)13-6-9/h2-4,9H,5-6H2,1H3,(H,13,14). The molecule has 1 aromatic carbocycles. The Morgan fingerprint density at radius 1 is 1.43 bits per heavy atom. The van der Waals surface area contributed by atoms with Crippen LogP contribution in [0.1, 0.15) is 23.5 Å². The van der Waals surface area contributed by atoms with Crippen molar-refractivity contribution >= 4 is 21.8 Å². The summed E-state index contributed by atoms with van der Waals surface area (Å²) in [5.74, 6) is 0.506. The summed E-state index contributed by atoms with van der Waals surface area (Å²) in [5, 5.41) is 2.85. The van der Waals surface area contributed by atoms with Gasteiger partial charge in [0, 0.05) is 23.4 Å². The van der Waals surface area contributed by atoms with Gasteiger partial charge >= 0.3 is 0 Å². The van der Waals surface area contributed by atoms with Crippen molar-refractivity contribution in [3.8, 4) is 0 Å². The van der Waals surface area contributed by atoms with Crippen LogP contribution in [0.3, 0.4) is 0 Å². The van der Waals surface area contributed by atoms with E-state index in [9.17, 15) is 4.79 Å². The fourth-order valence-corrected chi connectivity index (χ4v) is 2.47. The lowest BCUT2D eigenvalue weighted by Crippen LogP contribution is -2.13. The average Bonchev–Trinajstić information content (AvgIpc) is 2.50. The molecule has 0 bridgehead atoms. The van der Waals surface area contributed by atoms with E-state index in [1.165, 1.54) is 11.1 Å². The van der Waals surface area contributed by atoms with Crippen molar-refractivity contribution in [2.45, 2.75) is 19.3 Å². The minimum Gasteiger partial charge on any atom is -0.355 e. The van der Waals surface area contributed by atoms with E-state index in [-0.39, 0.29) is 5.91 Å². The molecule has 3 heteroatoms. The lowest BCUT2D eigenvalue weighted by atomic mass is 9.97. The highest BCUT2D eigenvalue weighted by atomic mass is 79.9. The third-order valence-electron chi connectivity index (χ3n) is 2.51. The van der Waals surface area contributed by atoms with Crippen LogP contribution in [-0.2, 0) is 4.79 Å². The van der Waals surface area contributed by atoms with Gasteiger partial charge < -0.3 is 5.32 Å². The number of halogens is 1. The van der Waals surface area contributed by atoms with Crippen molar-refractivity contribution < 1.29 is 4.79 Å². The molecule has 1 atom stereocenters. The minimum absolute atomic E-state index is 0.160. The number of amides is 1. The van der Waals surface area contributed by atoms with E-state index >= 15 is 0 Å². The van der Waals surface area contributed by atoms with E-state index in [1.807, 2.05) is 0 Å². The predicted octanol–water partition coefficient (Wildman–Crippen LogP) is 2.36. The summed E-state index contributed by atoms with van der Waals surface area (Å²) in [6.45, 7) is 2.84. The number of rotatable bonds is 1. The lowest BCUT2D eigenvalue weighted by molar-refractivity contribution is -0.119. The van der Waals surface area contributed by atoms with Crippen molar-refractivity contribution in [1.82, 2.24) is 5.32 Å². The number of carbonyl (C=O) groups is 1. The Labute approximate surface area is 91.8 Å². The van der Waals surface area contributed by atoms with Crippen molar-refractivity contribution in [1.29, 1.82) is 0 Å². The summed E-state index contributed by atoms with van der Waals surface area (Å²) in [7, 11) is 0. The number of benzene rings is 1. The fourth-order valence-electron chi connectivity index (χ4n) is 1.84. The minimum atomic E-state index is 0.160. The van der Waals surface area contributed by atoms with Gasteiger partial charge in [-0.25, -0.2) is 0 Å². The van der Waals surface area contributed by atoms with Gasteiger partial charge in [-0.05, 0) is 30.2 Å². The number of hydrogen-bond donors (Lipinski definition) is 1. The summed E-state index contributed by atoms with van der Waals surface area (Å²) < 4.78 is 1.09. The first-order valence-electron chi connectivity index (χ1n) is 4.69. The molecule has 0 saturated carbocycles. The topological polar surface area (TPSA) is 29.1 Å². The van der Waals surface area contributed by atoms with Gasteiger partial charge in [-0.1, -0.05) is 22.0 Å². The molecule has 0 radical (unpaired) electrons. The van der Waals surface area contributed by atoms with Gasteiger partial charge in [0.05, 0.1) is 0 Å². The van der Waals surface area contributed by atoms with Crippen LogP contribution in [0.5, 0.6) is 0 Å². The van der Waals surface area contributed by atoms with Gasteiger partial charge in [-0.15, -0.1) is 0 Å². The Kier molecular flexibility index (Phi) is 2.59. The molecule has 1 aliphatic rings. The highest BCUT2D eigenvalue weighted by Crippen LogP contribution is 2.26. The van der Waals surface area contributed by atoms with Gasteiger partial charge in [-0.3, -0.25) is 4.79 Å². The first-order valence-corrected chi connectivity index (χ1v) is 5.48. The van der Waals surface area contributed by atoms with Gasteiger partial charge in [0.25, 0.3) is 0 Å². The quantitative estimate of drug-likeness (QED) is 0.818. The van der Waals surface area contributed by atoms with E-state index in [0.717, 1.165) is 11.0 Å². The van der Waals surface area contributed by atoms with Crippen molar-refractivity contribution in [2.24, 2.45) is 0 Å². The Morgan fingerprint density at radius 3 is 2.79 bits per heavy atom. The van der Waals surface area contributed by atoms with E-state index in [1.54, 1.807) is 0 Å². The lowest BCUT2D eigenvalue weighted by Gasteiger charge is -2.09. The zero-order valence-electron chi connectivity index (χ0n) is 8.01. The van der Waals surface area contributed by atoms with Crippen LogP contribution in [0.15, 0.2) is 22.7 Å². The first kappa shape index (κ1) is 9.71. The monoisotopic (exact) mass is 253 g/mol. The van der Waals surface area contributed by atoms with Crippen LogP contribution >= 0.6 is 15.9 Å². The van der Waals surface area contributed by atoms with Crippen molar-refractivity contribution in [2.75, 3.05) is 6.54 Å². The van der Waals surface area contributed by atoms with Gasteiger partial charge in [0.1, 0.15) is 0 Å². The van der Waals surface area contributed by atoms with Crippen molar-refractivity contribution in [3.05, 3.63) is 33.8 Å². The average molecular weight is 254 g/mol. The van der Waals surface area contributed by atoms with Gasteiger partial charge in [0.2, 0.25) is 5.91 Å². The highest BCUT2D eigenvalue weighted by Gasteiger charge is 2.23. The molecular weight excluding hydrogens is 242 g/mol. The Hall–Kier alpha value is -0.830. The molecule has 1 N–H and O–H groups in total. The first-order chi connectivity index (χ1) is 6.65. The highest BCUT2D eigenvalue weighted by molar-refractivity contribution is 9.10. The Morgan fingerprint density at radius 2 is 2.21 bits per heavy atom. The van der Waals surface area contributed by atoms with Crippen molar-refractivity contribution in [3.63, 3.8) is 0 Å². The molecule has 0 aliphatic carbocycles. The summed E-state index contributed by atoms with van der Waals surface area (Å²) in [4.78, 5) is 11.1. The molecule has 2 rings (SSSR count). The van der Waals surface area contributed by atoms with Crippen LogP contribution in [0.2, 0.25) is 0 Å². The van der Waals surface area contributed by atoms with Crippen LogP contribution < -0.4 is 5.32 Å².